The molecular formula is C16H21N3. The summed E-state index contributed by atoms with van der Waals surface area (Å²) in [6, 6.07) is 10.4. The lowest BCUT2D eigenvalue weighted by Gasteiger charge is -2.31. The van der Waals surface area contributed by atoms with Gasteiger partial charge in [-0.05, 0) is 36.5 Å². The molecule has 0 spiro atoms. The Bertz CT molecular complexity index is 571. The zero-order chi connectivity index (χ0) is 13.2. The second-order valence-corrected chi connectivity index (χ2v) is 5.53. The van der Waals surface area contributed by atoms with Crippen molar-refractivity contribution < 1.29 is 0 Å². The minimum atomic E-state index is 0.570. The lowest BCUT2D eigenvalue weighted by atomic mass is 9.99. The average molecular weight is 255 g/mol. The van der Waals surface area contributed by atoms with Crippen LogP contribution in [0.5, 0.6) is 0 Å². The number of rotatable bonds is 2. The van der Waals surface area contributed by atoms with E-state index < -0.39 is 0 Å². The van der Waals surface area contributed by atoms with Crippen molar-refractivity contribution in [1.82, 2.24) is 4.98 Å². The first-order valence-corrected chi connectivity index (χ1v) is 7.11. The number of benzene rings is 1. The fourth-order valence-corrected chi connectivity index (χ4v) is 2.80. The van der Waals surface area contributed by atoms with E-state index in [-0.39, 0.29) is 0 Å². The van der Waals surface area contributed by atoms with Crippen molar-refractivity contribution in [2.45, 2.75) is 26.3 Å². The molecule has 2 N–H and O–H groups in total. The molecule has 1 aromatic carbocycles. The number of para-hydroxylation sites is 1. The largest absolute Gasteiger partial charge is 0.357 e. The third-order valence-corrected chi connectivity index (χ3v) is 4.12. The molecule has 0 atom stereocenters. The molecule has 19 heavy (non-hydrogen) atoms. The molecule has 3 nitrogen and oxygen atoms in total. The van der Waals surface area contributed by atoms with Crippen LogP contribution in [0.25, 0.3) is 10.9 Å². The van der Waals surface area contributed by atoms with Gasteiger partial charge in [0.15, 0.2) is 0 Å². The molecule has 2 heterocycles. The molecule has 1 fully saturated rings. The monoisotopic (exact) mass is 255 g/mol. The summed E-state index contributed by atoms with van der Waals surface area (Å²) in [7, 11) is 0. The van der Waals surface area contributed by atoms with Gasteiger partial charge in [-0.15, -0.1) is 0 Å². The number of nitrogens with zero attached hydrogens (tertiary/aromatic N) is 2. The van der Waals surface area contributed by atoms with Gasteiger partial charge >= 0.3 is 0 Å². The average Bonchev–Trinajstić information content (AvgIpc) is 2.47. The van der Waals surface area contributed by atoms with Crippen LogP contribution in [0, 0.1) is 5.92 Å². The minimum absolute atomic E-state index is 0.570. The van der Waals surface area contributed by atoms with Gasteiger partial charge in [0.2, 0.25) is 0 Å². The SMILES string of the molecule is CC1CCN(c2cc(CN)c3ccccc3n2)CC1. The fourth-order valence-electron chi connectivity index (χ4n) is 2.80. The molecule has 3 rings (SSSR count). The second-order valence-electron chi connectivity index (χ2n) is 5.53. The molecule has 1 aromatic heterocycles. The van der Waals surface area contributed by atoms with Crippen LogP contribution in [0.15, 0.2) is 30.3 Å². The van der Waals surface area contributed by atoms with Crippen molar-refractivity contribution in [1.29, 1.82) is 0 Å². The third-order valence-electron chi connectivity index (χ3n) is 4.12. The summed E-state index contributed by atoms with van der Waals surface area (Å²) in [4.78, 5) is 7.20. The molecule has 1 aliphatic rings. The van der Waals surface area contributed by atoms with E-state index in [0.717, 1.165) is 30.3 Å². The van der Waals surface area contributed by atoms with Crippen LogP contribution >= 0.6 is 0 Å². The van der Waals surface area contributed by atoms with Gasteiger partial charge in [-0.2, -0.15) is 0 Å². The smallest absolute Gasteiger partial charge is 0.129 e. The Morgan fingerprint density at radius 3 is 2.74 bits per heavy atom. The van der Waals surface area contributed by atoms with Crippen LogP contribution in [0.1, 0.15) is 25.3 Å². The van der Waals surface area contributed by atoms with E-state index in [1.54, 1.807) is 0 Å². The molecule has 0 saturated carbocycles. The predicted molar refractivity (Wildman–Crippen MR) is 80.2 cm³/mol. The van der Waals surface area contributed by atoms with E-state index in [9.17, 15) is 0 Å². The first-order chi connectivity index (χ1) is 9.28. The zero-order valence-electron chi connectivity index (χ0n) is 11.5. The van der Waals surface area contributed by atoms with Gasteiger partial charge < -0.3 is 10.6 Å². The van der Waals surface area contributed by atoms with Crippen molar-refractivity contribution in [2.75, 3.05) is 18.0 Å². The highest BCUT2D eigenvalue weighted by molar-refractivity contribution is 5.84. The molecule has 100 valence electrons. The van der Waals surface area contributed by atoms with Crippen molar-refractivity contribution in [3.8, 4) is 0 Å². The summed E-state index contributed by atoms with van der Waals surface area (Å²) in [5, 5.41) is 1.18. The van der Waals surface area contributed by atoms with Crippen LogP contribution < -0.4 is 10.6 Å². The maximum atomic E-state index is 5.89. The number of pyridine rings is 1. The Kier molecular flexibility index (Phi) is 3.38. The van der Waals surface area contributed by atoms with Crippen LogP contribution in [-0.4, -0.2) is 18.1 Å². The normalized spacial score (nSPS) is 17.1. The van der Waals surface area contributed by atoms with Gasteiger partial charge in [0.25, 0.3) is 0 Å². The van der Waals surface area contributed by atoms with Crippen molar-refractivity contribution in [3.05, 3.63) is 35.9 Å². The lowest BCUT2D eigenvalue weighted by Crippen LogP contribution is -2.33. The summed E-state index contributed by atoms with van der Waals surface area (Å²) < 4.78 is 0. The van der Waals surface area contributed by atoms with Gasteiger partial charge in [-0.1, -0.05) is 25.1 Å². The van der Waals surface area contributed by atoms with Gasteiger partial charge in [0.1, 0.15) is 5.82 Å². The number of hydrogen-bond donors (Lipinski definition) is 1. The first kappa shape index (κ1) is 12.4. The summed E-state index contributed by atoms with van der Waals surface area (Å²) in [5.74, 6) is 1.93. The number of anilines is 1. The summed E-state index contributed by atoms with van der Waals surface area (Å²) in [6.45, 7) is 5.11. The van der Waals surface area contributed by atoms with Crippen LogP contribution in [0.3, 0.4) is 0 Å². The van der Waals surface area contributed by atoms with E-state index in [1.807, 2.05) is 12.1 Å². The molecule has 2 aromatic rings. The van der Waals surface area contributed by atoms with E-state index in [0.29, 0.717) is 6.54 Å². The molecule has 0 bridgehead atoms. The number of piperidine rings is 1. The Labute approximate surface area is 114 Å². The summed E-state index contributed by atoms with van der Waals surface area (Å²) in [5.41, 5.74) is 8.14. The number of aromatic nitrogens is 1. The Hall–Kier alpha value is -1.61. The maximum Gasteiger partial charge on any atom is 0.129 e. The highest BCUT2D eigenvalue weighted by Crippen LogP contribution is 2.26. The molecule has 1 aliphatic heterocycles. The third kappa shape index (κ3) is 2.43. The Balaban J connectivity index is 2.00. The number of fused-ring (bicyclic) bond motifs is 1. The van der Waals surface area contributed by atoms with Crippen molar-refractivity contribution >= 4 is 16.7 Å². The van der Waals surface area contributed by atoms with E-state index >= 15 is 0 Å². The van der Waals surface area contributed by atoms with E-state index in [2.05, 4.69) is 30.0 Å². The molecular weight excluding hydrogens is 234 g/mol. The van der Waals surface area contributed by atoms with Crippen LogP contribution in [0.2, 0.25) is 0 Å². The molecule has 1 saturated heterocycles. The topological polar surface area (TPSA) is 42.1 Å². The van der Waals surface area contributed by atoms with Gasteiger partial charge in [-0.3, -0.25) is 0 Å². The van der Waals surface area contributed by atoms with Crippen molar-refractivity contribution in [3.63, 3.8) is 0 Å². The number of hydrogen-bond acceptors (Lipinski definition) is 3. The molecule has 3 heteroatoms. The van der Waals surface area contributed by atoms with Crippen LogP contribution in [0.4, 0.5) is 5.82 Å². The predicted octanol–water partition coefficient (Wildman–Crippen LogP) is 2.93. The summed E-state index contributed by atoms with van der Waals surface area (Å²) >= 11 is 0. The molecule has 0 aliphatic carbocycles. The molecule has 0 amide bonds. The minimum Gasteiger partial charge on any atom is -0.357 e. The summed E-state index contributed by atoms with van der Waals surface area (Å²) in [6.07, 6.45) is 2.51. The fraction of sp³-hybridized carbons (Fsp3) is 0.438. The second kappa shape index (κ2) is 5.17. The van der Waals surface area contributed by atoms with Gasteiger partial charge in [-0.25, -0.2) is 4.98 Å². The molecule has 0 radical (unpaired) electrons. The number of nitrogens with two attached hydrogens (primary N) is 1. The quantitative estimate of drug-likeness (QED) is 0.897. The molecule has 0 unspecified atom stereocenters. The highest BCUT2D eigenvalue weighted by Gasteiger charge is 2.18. The first-order valence-electron chi connectivity index (χ1n) is 7.11. The van der Waals surface area contributed by atoms with E-state index in [1.165, 1.54) is 23.8 Å². The van der Waals surface area contributed by atoms with Gasteiger partial charge in [0.05, 0.1) is 5.52 Å². The lowest BCUT2D eigenvalue weighted by molar-refractivity contribution is 0.437. The van der Waals surface area contributed by atoms with E-state index in [4.69, 9.17) is 10.7 Å². The maximum absolute atomic E-state index is 5.89. The Morgan fingerprint density at radius 1 is 1.26 bits per heavy atom. The standard InChI is InChI=1S/C16H21N3/c1-12-6-8-19(9-7-12)16-10-13(11-17)14-4-2-3-5-15(14)18-16/h2-5,10,12H,6-9,11,17H2,1H3. The van der Waals surface area contributed by atoms with Crippen molar-refractivity contribution in [2.24, 2.45) is 11.7 Å². The van der Waals surface area contributed by atoms with Gasteiger partial charge in [0, 0.05) is 25.0 Å². The zero-order valence-corrected chi connectivity index (χ0v) is 11.5. The highest BCUT2D eigenvalue weighted by atomic mass is 15.2. The Morgan fingerprint density at radius 2 is 2.00 bits per heavy atom. The van der Waals surface area contributed by atoms with Crippen LogP contribution in [-0.2, 0) is 6.54 Å².